The lowest BCUT2D eigenvalue weighted by atomic mass is 10.0. The fourth-order valence-electron chi connectivity index (χ4n) is 6.23. The molecule has 0 atom stereocenters. The lowest BCUT2D eigenvalue weighted by molar-refractivity contribution is 1.18. The van der Waals surface area contributed by atoms with E-state index in [1.165, 1.54) is 79.0 Å². The van der Waals surface area contributed by atoms with Crippen LogP contribution in [0.4, 0.5) is 0 Å². The molecule has 9 aromatic rings. The molecule has 0 bridgehead atoms. The number of hydrogen-bond acceptors (Lipinski definition) is 2. The summed E-state index contributed by atoms with van der Waals surface area (Å²) in [6.45, 7) is 0. The van der Waals surface area contributed by atoms with Crippen LogP contribution in [0.5, 0.6) is 0 Å². The Labute approximate surface area is 232 Å². The highest BCUT2D eigenvalue weighted by molar-refractivity contribution is 7.26. The summed E-state index contributed by atoms with van der Waals surface area (Å²) in [4.78, 5) is 0. The van der Waals surface area contributed by atoms with Gasteiger partial charge in [0.1, 0.15) is 0 Å². The Balaban J connectivity index is 1.27. The van der Waals surface area contributed by atoms with Gasteiger partial charge in [-0.05, 0) is 53.6 Å². The smallest absolute Gasteiger partial charge is 0.0548 e. The summed E-state index contributed by atoms with van der Waals surface area (Å²) in [6.07, 6.45) is 0. The lowest BCUT2D eigenvalue weighted by Crippen LogP contribution is -1.93. The SMILES string of the molecule is c1ccc2c(c1)sc1cc3c4ccccc4n(-c4ccc(-c5cccc6c5sc5ccccc56)cc4)c3cc12. The van der Waals surface area contributed by atoms with Gasteiger partial charge in [-0.2, -0.15) is 0 Å². The van der Waals surface area contributed by atoms with Crippen LogP contribution in [0.3, 0.4) is 0 Å². The van der Waals surface area contributed by atoms with E-state index in [2.05, 4.69) is 132 Å². The summed E-state index contributed by atoms with van der Waals surface area (Å²) in [5.74, 6) is 0. The van der Waals surface area contributed by atoms with Crippen LogP contribution in [0.15, 0.2) is 127 Å². The van der Waals surface area contributed by atoms with Crippen molar-refractivity contribution < 1.29 is 0 Å². The van der Waals surface area contributed by atoms with Gasteiger partial charge in [-0.15, -0.1) is 22.7 Å². The molecule has 9 rings (SSSR count). The molecule has 0 fully saturated rings. The second-order valence-electron chi connectivity index (χ2n) is 10.1. The van der Waals surface area contributed by atoms with Gasteiger partial charge in [0.25, 0.3) is 0 Å². The van der Waals surface area contributed by atoms with Crippen molar-refractivity contribution in [1.29, 1.82) is 0 Å². The highest BCUT2D eigenvalue weighted by atomic mass is 32.1. The van der Waals surface area contributed by atoms with E-state index in [1.807, 2.05) is 22.7 Å². The van der Waals surface area contributed by atoms with E-state index in [4.69, 9.17) is 0 Å². The van der Waals surface area contributed by atoms with Crippen LogP contribution in [-0.2, 0) is 0 Å². The molecule has 0 saturated heterocycles. The minimum absolute atomic E-state index is 1.19. The Morgan fingerprint density at radius 3 is 1.90 bits per heavy atom. The van der Waals surface area contributed by atoms with E-state index in [1.54, 1.807) is 0 Å². The Morgan fingerprint density at radius 1 is 0.410 bits per heavy atom. The van der Waals surface area contributed by atoms with E-state index in [0.29, 0.717) is 0 Å². The highest BCUT2D eigenvalue weighted by Gasteiger charge is 2.16. The van der Waals surface area contributed by atoms with Gasteiger partial charge in [-0.25, -0.2) is 0 Å². The molecule has 1 nitrogen and oxygen atoms in total. The number of rotatable bonds is 2. The fourth-order valence-corrected chi connectivity index (χ4v) is 8.59. The number of fused-ring (bicyclic) bond motifs is 9. The maximum absolute atomic E-state index is 2.43. The highest BCUT2D eigenvalue weighted by Crippen LogP contribution is 2.42. The summed E-state index contributed by atoms with van der Waals surface area (Å²) in [7, 11) is 0. The average Bonchev–Trinajstić information content (AvgIpc) is 3.65. The Hall–Kier alpha value is -4.44. The van der Waals surface area contributed by atoms with Gasteiger partial charge in [-0.1, -0.05) is 84.9 Å². The molecule has 0 aliphatic heterocycles. The van der Waals surface area contributed by atoms with E-state index in [9.17, 15) is 0 Å². The third kappa shape index (κ3) is 3.06. The maximum Gasteiger partial charge on any atom is 0.0548 e. The van der Waals surface area contributed by atoms with E-state index < -0.39 is 0 Å². The van der Waals surface area contributed by atoms with Crippen LogP contribution >= 0.6 is 22.7 Å². The molecule has 3 heterocycles. The Morgan fingerprint density at radius 2 is 1.08 bits per heavy atom. The van der Waals surface area contributed by atoms with Crippen LogP contribution < -0.4 is 0 Å². The summed E-state index contributed by atoms with van der Waals surface area (Å²) >= 11 is 3.77. The van der Waals surface area contributed by atoms with Gasteiger partial charge in [0, 0.05) is 56.8 Å². The minimum atomic E-state index is 1.19. The minimum Gasteiger partial charge on any atom is -0.309 e. The lowest BCUT2D eigenvalue weighted by Gasteiger charge is -2.10. The van der Waals surface area contributed by atoms with Crippen LogP contribution in [0.25, 0.3) is 79.0 Å². The topological polar surface area (TPSA) is 4.93 Å². The normalized spacial score (nSPS) is 12.1. The van der Waals surface area contributed by atoms with E-state index in [-0.39, 0.29) is 0 Å². The van der Waals surface area contributed by atoms with Gasteiger partial charge < -0.3 is 4.57 Å². The molecule has 0 amide bonds. The summed E-state index contributed by atoms with van der Waals surface area (Å²) in [5.41, 5.74) is 6.24. The van der Waals surface area contributed by atoms with E-state index in [0.717, 1.165) is 0 Å². The summed E-state index contributed by atoms with van der Waals surface area (Å²) < 4.78 is 7.82. The number of para-hydroxylation sites is 1. The molecule has 0 aliphatic carbocycles. The number of aromatic nitrogens is 1. The fraction of sp³-hybridized carbons (Fsp3) is 0. The zero-order chi connectivity index (χ0) is 25.5. The second kappa shape index (κ2) is 8.03. The van der Waals surface area contributed by atoms with Crippen molar-refractivity contribution in [3.05, 3.63) is 127 Å². The Bertz CT molecular complexity index is 2380. The van der Waals surface area contributed by atoms with Gasteiger partial charge in [0.05, 0.1) is 11.0 Å². The van der Waals surface area contributed by atoms with Crippen LogP contribution in [0.1, 0.15) is 0 Å². The first-order valence-electron chi connectivity index (χ1n) is 13.2. The first kappa shape index (κ1) is 21.5. The van der Waals surface area contributed by atoms with Crippen LogP contribution in [0, 0.1) is 0 Å². The predicted molar refractivity (Wildman–Crippen MR) is 172 cm³/mol. The van der Waals surface area contributed by atoms with Crippen molar-refractivity contribution in [2.24, 2.45) is 0 Å². The monoisotopic (exact) mass is 531 g/mol. The zero-order valence-electron chi connectivity index (χ0n) is 20.9. The van der Waals surface area contributed by atoms with Gasteiger partial charge in [-0.3, -0.25) is 0 Å². The third-order valence-corrected chi connectivity index (χ3v) is 10.4. The molecule has 39 heavy (non-hydrogen) atoms. The summed E-state index contributed by atoms with van der Waals surface area (Å²) in [6, 6.07) is 46.9. The van der Waals surface area contributed by atoms with Crippen molar-refractivity contribution in [2.75, 3.05) is 0 Å². The van der Waals surface area contributed by atoms with Crippen molar-refractivity contribution in [3.63, 3.8) is 0 Å². The molecule has 0 aliphatic rings. The molecule has 3 heteroatoms. The predicted octanol–water partition coefficient (Wildman–Crippen LogP) is 11.2. The van der Waals surface area contributed by atoms with Crippen molar-refractivity contribution in [3.8, 4) is 16.8 Å². The Kier molecular flexibility index (Phi) is 4.43. The van der Waals surface area contributed by atoms with Crippen molar-refractivity contribution in [1.82, 2.24) is 4.57 Å². The number of benzene rings is 6. The standard InChI is InChI=1S/C36H21NS2/c1-4-13-31-25(8-1)29-21-35-30(27-10-3-5-14-33(27)38-35)20-32(29)37(31)23-18-16-22(17-19-23)24-11-7-12-28-26-9-2-6-15-34(26)39-36(24)28/h1-21H. The first-order valence-corrected chi connectivity index (χ1v) is 14.8. The number of hydrogen-bond donors (Lipinski definition) is 0. The number of nitrogens with zero attached hydrogens (tertiary/aromatic N) is 1. The molecular weight excluding hydrogens is 511 g/mol. The molecule has 0 unspecified atom stereocenters. The first-order chi connectivity index (χ1) is 19.3. The van der Waals surface area contributed by atoms with E-state index >= 15 is 0 Å². The van der Waals surface area contributed by atoms with Crippen LogP contribution in [-0.4, -0.2) is 4.57 Å². The molecule has 3 aromatic heterocycles. The second-order valence-corrected chi connectivity index (χ2v) is 12.3. The summed E-state index contributed by atoms with van der Waals surface area (Å²) in [5, 5.41) is 7.96. The van der Waals surface area contributed by atoms with Crippen LogP contribution in [0.2, 0.25) is 0 Å². The van der Waals surface area contributed by atoms with Gasteiger partial charge in [0.2, 0.25) is 0 Å². The third-order valence-electron chi connectivity index (χ3n) is 8.01. The molecule has 0 saturated carbocycles. The molecule has 0 N–H and O–H groups in total. The number of thiophene rings is 2. The molecule has 0 radical (unpaired) electrons. The molecule has 6 aromatic carbocycles. The van der Waals surface area contributed by atoms with Crippen molar-refractivity contribution >= 4 is 84.8 Å². The average molecular weight is 532 g/mol. The largest absolute Gasteiger partial charge is 0.309 e. The quantitative estimate of drug-likeness (QED) is 0.209. The van der Waals surface area contributed by atoms with Gasteiger partial charge in [0.15, 0.2) is 0 Å². The molecule has 0 spiro atoms. The van der Waals surface area contributed by atoms with Gasteiger partial charge >= 0.3 is 0 Å². The molecular formula is C36H21NS2. The maximum atomic E-state index is 2.43. The zero-order valence-corrected chi connectivity index (χ0v) is 22.5. The van der Waals surface area contributed by atoms with Crippen molar-refractivity contribution in [2.45, 2.75) is 0 Å². The molecule has 182 valence electrons.